The maximum Gasteiger partial charge on any atom is 0.290 e. The van der Waals surface area contributed by atoms with Gasteiger partial charge >= 0.3 is 0 Å². The molecule has 152 valence electrons. The smallest absolute Gasteiger partial charge is 0.290 e. The third kappa shape index (κ3) is 3.98. The molecule has 2 aliphatic heterocycles. The standard InChI is InChI=1S/C20H26N2O6/c1-13(23)17-18(14-4-5-15(24)16(12-14)27-2)22(20(26)19(17)25)7-3-6-21-8-10-28-11-9-21/h4-5,12,18,24-25H,3,6-11H2,1-2H3. The molecule has 8 nitrogen and oxygen atoms in total. The highest BCUT2D eigenvalue weighted by molar-refractivity contribution is 6.08. The Morgan fingerprint density at radius 3 is 2.61 bits per heavy atom. The van der Waals surface area contributed by atoms with Gasteiger partial charge in [-0.25, -0.2) is 0 Å². The van der Waals surface area contributed by atoms with Crippen LogP contribution in [0.1, 0.15) is 24.9 Å². The molecule has 0 radical (unpaired) electrons. The number of aromatic hydroxyl groups is 1. The summed E-state index contributed by atoms with van der Waals surface area (Å²) >= 11 is 0. The molecule has 28 heavy (non-hydrogen) atoms. The van der Waals surface area contributed by atoms with Gasteiger partial charge in [0.1, 0.15) is 0 Å². The Balaban J connectivity index is 1.83. The third-order valence-corrected chi connectivity index (χ3v) is 5.18. The number of phenolic OH excluding ortho intramolecular Hbond substituents is 1. The summed E-state index contributed by atoms with van der Waals surface area (Å²) in [6.45, 7) is 5.65. The number of hydrogen-bond acceptors (Lipinski definition) is 7. The summed E-state index contributed by atoms with van der Waals surface area (Å²) in [5.74, 6) is -1.21. The minimum Gasteiger partial charge on any atom is -0.504 e. The zero-order valence-electron chi connectivity index (χ0n) is 16.2. The van der Waals surface area contributed by atoms with Gasteiger partial charge in [-0.2, -0.15) is 0 Å². The Bertz CT molecular complexity index is 785. The largest absolute Gasteiger partial charge is 0.504 e. The van der Waals surface area contributed by atoms with Gasteiger partial charge in [0, 0.05) is 26.2 Å². The molecule has 0 bridgehead atoms. The summed E-state index contributed by atoms with van der Waals surface area (Å²) in [5, 5.41) is 20.2. The number of carbonyl (C=O) groups is 2. The van der Waals surface area contributed by atoms with Crippen molar-refractivity contribution in [2.75, 3.05) is 46.5 Å². The van der Waals surface area contributed by atoms with Crippen LogP contribution in [0.4, 0.5) is 0 Å². The van der Waals surface area contributed by atoms with Crippen molar-refractivity contribution in [3.63, 3.8) is 0 Å². The fraction of sp³-hybridized carbons (Fsp3) is 0.500. The van der Waals surface area contributed by atoms with Crippen LogP contribution in [-0.4, -0.2) is 78.2 Å². The van der Waals surface area contributed by atoms with E-state index >= 15 is 0 Å². The van der Waals surface area contributed by atoms with E-state index in [1.54, 1.807) is 12.1 Å². The minimum atomic E-state index is -0.704. The molecule has 2 heterocycles. The predicted molar refractivity (Wildman–Crippen MR) is 101 cm³/mol. The zero-order valence-corrected chi connectivity index (χ0v) is 16.2. The molecule has 1 amide bonds. The highest BCUT2D eigenvalue weighted by Gasteiger charge is 2.42. The lowest BCUT2D eigenvalue weighted by Crippen LogP contribution is -2.39. The summed E-state index contributed by atoms with van der Waals surface area (Å²) in [5.41, 5.74) is 0.674. The molecule has 1 atom stereocenters. The Kier molecular flexibility index (Phi) is 6.21. The SMILES string of the molecule is COc1cc(C2C(C(C)=O)=C(O)C(=O)N2CCCN2CCOCC2)ccc1O. The second kappa shape index (κ2) is 8.62. The molecular formula is C20H26N2O6. The van der Waals surface area contributed by atoms with E-state index in [-0.39, 0.29) is 22.9 Å². The maximum atomic E-state index is 12.7. The van der Waals surface area contributed by atoms with Gasteiger partial charge in [0.25, 0.3) is 5.91 Å². The lowest BCUT2D eigenvalue weighted by molar-refractivity contribution is -0.129. The molecular weight excluding hydrogens is 364 g/mol. The van der Waals surface area contributed by atoms with Gasteiger partial charge in [0.2, 0.25) is 0 Å². The number of phenols is 1. The summed E-state index contributed by atoms with van der Waals surface area (Å²) < 4.78 is 10.5. The number of benzene rings is 1. The number of nitrogens with zero attached hydrogens (tertiary/aromatic N) is 2. The first-order chi connectivity index (χ1) is 13.4. The van der Waals surface area contributed by atoms with Crippen LogP contribution in [0.5, 0.6) is 11.5 Å². The van der Waals surface area contributed by atoms with Crippen LogP contribution in [0, 0.1) is 0 Å². The number of amides is 1. The van der Waals surface area contributed by atoms with Crippen LogP contribution < -0.4 is 4.74 Å². The van der Waals surface area contributed by atoms with E-state index < -0.39 is 17.7 Å². The first-order valence-corrected chi connectivity index (χ1v) is 9.36. The second-order valence-corrected chi connectivity index (χ2v) is 6.96. The number of ketones is 1. The van der Waals surface area contributed by atoms with E-state index in [1.807, 2.05) is 0 Å². The van der Waals surface area contributed by atoms with E-state index in [4.69, 9.17) is 9.47 Å². The van der Waals surface area contributed by atoms with E-state index in [9.17, 15) is 19.8 Å². The van der Waals surface area contributed by atoms with E-state index in [0.717, 1.165) is 19.6 Å². The number of carbonyl (C=O) groups excluding carboxylic acids is 2. The Morgan fingerprint density at radius 2 is 1.96 bits per heavy atom. The molecule has 0 aromatic heterocycles. The molecule has 1 saturated heterocycles. The van der Waals surface area contributed by atoms with Crippen molar-refractivity contribution in [3.05, 3.63) is 35.1 Å². The average Bonchev–Trinajstić information content (AvgIpc) is 2.94. The van der Waals surface area contributed by atoms with Gasteiger partial charge in [-0.15, -0.1) is 0 Å². The molecule has 1 aromatic carbocycles. The third-order valence-electron chi connectivity index (χ3n) is 5.18. The Morgan fingerprint density at radius 1 is 1.25 bits per heavy atom. The molecule has 1 unspecified atom stereocenters. The first kappa shape index (κ1) is 20.2. The van der Waals surface area contributed by atoms with Crippen LogP contribution >= 0.6 is 0 Å². The molecule has 3 rings (SSSR count). The van der Waals surface area contributed by atoms with Crippen LogP contribution in [0.25, 0.3) is 0 Å². The van der Waals surface area contributed by atoms with E-state index in [2.05, 4.69) is 4.90 Å². The second-order valence-electron chi connectivity index (χ2n) is 6.96. The van der Waals surface area contributed by atoms with Crippen molar-refractivity contribution in [3.8, 4) is 11.5 Å². The molecule has 1 fully saturated rings. The zero-order chi connectivity index (χ0) is 20.3. The number of Topliss-reactive ketones (excluding diaryl/α,β-unsaturated/α-hetero) is 1. The number of ether oxygens (including phenoxy) is 2. The van der Waals surface area contributed by atoms with Crippen molar-refractivity contribution >= 4 is 11.7 Å². The van der Waals surface area contributed by atoms with E-state index in [0.29, 0.717) is 31.7 Å². The summed E-state index contributed by atoms with van der Waals surface area (Å²) in [4.78, 5) is 28.6. The minimum absolute atomic E-state index is 0.0352. The van der Waals surface area contributed by atoms with Gasteiger partial charge in [0.05, 0.1) is 31.9 Å². The topological polar surface area (TPSA) is 99.5 Å². The van der Waals surface area contributed by atoms with Crippen molar-refractivity contribution in [2.45, 2.75) is 19.4 Å². The average molecular weight is 390 g/mol. The quantitative estimate of drug-likeness (QED) is 0.726. The van der Waals surface area contributed by atoms with Gasteiger partial charge in [0.15, 0.2) is 23.0 Å². The van der Waals surface area contributed by atoms with Crippen LogP contribution in [-0.2, 0) is 14.3 Å². The van der Waals surface area contributed by atoms with Crippen LogP contribution in [0.2, 0.25) is 0 Å². The molecule has 0 aliphatic carbocycles. The fourth-order valence-corrected chi connectivity index (χ4v) is 3.74. The molecule has 2 aliphatic rings. The van der Waals surface area contributed by atoms with Crippen molar-refractivity contribution < 1.29 is 29.3 Å². The molecule has 0 saturated carbocycles. The number of aliphatic hydroxyl groups is 1. The number of morpholine rings is 1. The van der Waals surface area contributed by atoms with Gasteiger partial charge in [-0.05, 0) is 31.0 Å². The highest BCUT2D eigenvalue weighted by Crippen LogP contribution is 2.40. The molecule has 1 aromatic rings. The van der Waals surface area contributed by atoms with Gasteiger partial charge < -0.3 is 24.6 Å². The highest BCUT2D eigenvalue weighted by atomic mass is 16.5. The Hall–Kier alpha value is -2.58. The predicted octanol–water partition coefficient (Wildman–Crippen LogP) is 1.41. The van der Waals surface area contributed by atoms with E-state index in [1.165, 1.54) is 25.0 Å². The summed E-state index contributed by atoms with van der Waals surface area (Å²) in [7, 11) is 1.43. The van der Waals surface area contributed by atoms with Gasteiger partial charge in [-0.3, -0.25) is 14.5 Å². The lowest BCUT2D eigenvalue weighted by atomic mass is 9.96. The van der Waals surface area contributed by atoms with Crippen LogP contribution in [0.3, 0.4) is 0 Å². The Labute approximate surface area is 163 Å². The number of methoxy groups -OCH3 is 1. The summed E-state index contributed by atoms with van der Waals surface area (Å²) in [6, 6.07) is 3.97. The van der Waals surface area contributed by atoms with Gasteiger partial charge in [-0.1, -0.05) is 6.07 Å². The first-order valence-electron chi connectivity index (χ1n) is 9.36. The van der Waals surface area contributed by atoms with Crippen molar-refractivity contribution in [2.24, 2.45) is 0 Å². The van der Waals surface area contributed by atoms with Crippen LogP contribution in [0.15, 0.2) is 29.5 Å². The number of hydrogen-bond donors (Lipinski definition) is 2. The fourth-order valence-electron chi connectivity index (χ4n) is 3.74. The maximum absolute atomic E-state index is 12.7. The lowest BCUT2D eigenvalue weighted by Gasteiger charge is -2.30. The van der Waals surface area contributed by atoms with Crippen molar-refractivity contribution in [1.82, 2.24) is 9.80 Å². The monoisotopic (exact) mass is 390 g/mol. The summed E-state index contributed by atoms with van der Waals surface area (Å²) in [6.07, 6.45) is 0.704. The number of rotatable bonds is 7. The molecule has 2 N–H and O–H groups in total. The molecule has 0 spiro atoms. The molecule has 8 heteroatoms. The number of aliphatic hydroxyl groups excluding tert-OH is 1. The normalized spacial score (nSPS) is 20.7. The van der Waals surface area contributed by atoms with Crippen molar-refractivity contribution in [1.29, 1.82) is 0 Å².